The Kier molecular flexibility index (Phi) is 6.10. The number of carbonyl (C=O) groups is 1. The lowest BCUT2D eigenvalue weighted by molar-refractivity contribution is -0.137. The lowest BCUT2D eigenvalue weighted by Crippen LogP contribution is -2.27. The molecule has 0 radical (unpaired) electrons. The highest BCUT2D eigenvalue weighted by Gasteiger charge is 2.11. The van der Waals surface area contributed by atoms with Crippen molar-refractivity contribution in [2.24, 2.45) is 5.84 Å². The molecule has 0 amide bonds. The van der Waals surface area contributed by atoms with Crippen LogP contribution in [0.15, 0.2) is 30.5 Å². The number of halogens is 1. The predicted octanol–water partition coefficient (Wildman–Crippen LogP) is 1.89. The van der Waals surface area contributed by atoms with E-state index in [2.05, 4.69) is 9.97 Å². The summed E-state index contributed by atoms with van der Waals surface area (Å²) in [6, 6.07) is 7.62. The van der Waals surface area contributed by atoms with Crippen LogP contribution in [0.5, 0.6) is 0 Å². The molecule has 23 heavy (non-hydrogen) atoms. The SMILES string of the molecule is Nc1cnc(Cl)nc1N(N)c1ccc(PCCCC(=O)O)cc1. The van der Waals surface area contributed by atoms with Crippen molar-refractivity contribution >= 4 is 48.6 Å². The highest BCUT2D eigenvalue weighted by molar-refractivity contribution is 7.47. The zero-order valence-electron chi connectivity index (χ0n) is 12.2. The number of nitrogen functional groups attached to an aromatic ring is 1. The Morgan fingerprint density at radius 2 is 2.04 bits per heavy atom. The summed E-state index contributed by atoms with van der Waals surface area (Å²) < 4.78 is 0. The minimum Gasteiger partial charge on any atom is -0.481 e. The van der Waals surface area contributed by atoms with E-state index in [1.165, 1.54) is 11.2 Å². The van der Waals surface area contributed by atoms with Gasteiger partial charge < -0.3 is 10.8 Å². The van der Waals surface area contributed by atoms with Crippen LogP contribution in [-0.4, -0.2) is 27.2 Å². The molecule has 0 aliphatic carbocycles. The maximum atomic E-state index is 10.5. The van der Waals surface area contributed by atoms with Crippen molar-refractivity contribution < 1.29 is 9.90 Å². The van der Waals surface area contributed by atoms with Gasteiger partial charge in [-0.1, -0.05) is 20.7 Å². The number of rotatable bonds is 7. The topological polar surface area (TPSA) is 118 Å². The first-order valence-corrected chi connectivity index (χ1v) is 8.44. The fourth-order valence-corrected chi connectivity index (χ4v) is 3.06. The number of benzene rings is 1. The molecule has 7 nitrogen and oxygen atoms in total. The monoisotopic (exact) mass is 353 g/mol. The molecule has 1 aromatic carbocycles. The van der Waals surface area contributed by atoms with Crippen LogP contribution in [-0.2, 0) is 4.79 Å². The van der Waals surface area contributed by atoms with Crippen molar-refractivity contribution in [2.45, 2.75) is 12.8 Å². The number of anilines is 3. The molecule has 5 N–H and O–H groups in total. The number of nitrogens with two attached hydrogens (primary N) is 2. The molecule has 2 aromatic rings. The van der Waals surface area contributed by atoms with E-state index in [0.29, 0.717) is 32.2 Å². The number of hydrogen-bond donors (Lipinski definition) is 3. The van der Waals surface area contributed by atoms with Crippen LogP contribution in [0.1, 0.15) is 12.8 Å². The predicted molar refractivity (Wildman–Crippen MR) is 93.9 cm³/mol. The molecular formula is C14H17ClN5O2P. The number of hydrazine groups is 1. The molecule has 0 fully saturated rings. The highest BCUT2D eigenvalue weighted by Crippen LogP contribution is 2.26. The summed E-state index contributed by atoms with van der Waals surface area (Å²) in [6.45, 7) is 0. The van der Waals surface area contributed by atoms with E-state index in [9.17, 15) is 4.79 Å². The van der Waals surface area contributed by atoms with Crippen molar-refractivity contribution in [3.8, 4) is 0 Å². The van der Waals surface area contributed by atoms with E-state index in [-0.39, 0.29) is 11.7 Å². The lowest BCUT2D eigenvalue weighted by Gasteiger charge is -2.19. The molecule has 2 rings (SSSR count). The molecule has 0 bridgehead atoms. The average Bonchev–Trinajstić information content (AvgIpc) is 2.53. The molecule has 0 aliphatic heterocycles. The second kappa shape index (κ2) is 8.06. The van der Waals surface area contributed by atoms with Gasteiger partial charge in [-0.15, -0.1) is 0 Å². The molecule has 0 saturated heterocycles. The van der Waals surface area contributed by atoms with Gasteiger partial charge >= 0.3 is 5.97 Å². The molecule has 1 unspecified atom stereocenters. The van der Waals surface area contributed by atoms with E-state index >= 15 is 0 Å². The van der Waals surface area contributed by atoms with Crippen LogP contribution in [0.3, 0.4) is 0 Å². The summed E-state index contributed by atoms with van der Waals surface area (Å²) in [5.41, 5.74) is 6.85. The zero-order chi connectivity index (χ0) is 16.8. The third-order valence-corrected chi connectivity index (χ3v) is 4.56. The van der Waals surface area contributed by atoms with Crippen molar-refractivity contribution in [1.29, 1.82) is 0 Å². The number of carboxylic acid groups (broad SMARTS) is 1. The van der Waals surface area contributed by atoms with Gasteiger partial charge in [-0.3, -0.25) is 9.80 Å². The fraction of sp³-hybridized carbons (Fsp3) is 0.214. The number of aliphatic carboxylic acids is 1. The first-order valence-electron chi connectivity index (χ1n) is 6.86. The van der Waals surface area contributed by atoms with Crippen LogP contribution >= 0.6 is 20.2 Å². The molecular weight excluding hydrogens is 337 g/mol. The van der Waals surface area contributed by atoms with E-state index < -0.39 is 5.97 Å². The van der Waals surface area contributed by atoms with Gasteiger partial charge in [-0.25, -0.2) is 10.8 Å². The van der Waals surface area contributed by atoms with Gasteiger partial charge in [0.25, 0.3) is 0 Å². The molecule has 1 aromatic heterocycles. The minimum absolute atomic E-state index is 0.0705. The summed E-state index contributed by atoms with van der Waals surface area (Å²) in [7, 11) is 0.562. The zero-order valence-corrected chi connectivity index (χ0v) is 14.0. The maximum Gasteiger partial charge on any atom is 0.303 e. The van der Waals surface area contributed by atoms with E-state index in [1.54, 1.807) is 0 Å². The summed E-state index contributed by atoms with van der Waals surface area (Å²) >= 11 is 5.77. The molecule has 122 valence electrons. The van der Waals surface area contributed by atoms with Gasteiger partial charge in [0.15, 0.2) is 5.82 Å². The summed E-state index contributed by atoms with van der Waals surface area (Å²) in [5, 5.41) is 11.2. The summed E-state index contributed by atoms with van der Waals surface area (Å²) in [4.78, 5) is 18.3. The molecule has 1 heterocycles. The van der Waals surface area contributed by atoms with Crippen molar-refractivity contribution in [1.82, 2.24) is 9.97 Å². The molecule has 0 spiro atoms. The summed E-state index contributed by atoms with van der Waals surface area (Å²) in [5.74, 6) is 5.61. The second-order valence-corrected chi connectivity index (χ2v) is 6.53. The number of nitrogens with zero attached hydrogens (tertiary/aromatic N) is 3. The van der Waals surface area contributed by atoms with Gasteiger partial charge in [-0.05, 0) is 41.6 Å². The number of hydrogen-bond acceptors (Lipinski definition) is 6. The van der Waals surface area contributed by atoms with Crippen LogP contribution in [0.4, 0.5) is 17.2 Å². The lowest BCUT2D eigenvalue weighted by atomic mass is 10.3. The van der Waals surface area contributed by atoms with E-state index in [0.717, 1.165) is 11.5 Å². The third-order valence-electron chi connectivity index (χ3n) is 3.04. The smallest absolute Gasteiger partial charge is 0.303 e. The van der Waals surface area contributed by atoms with E-state index in [1.807, 2.05) is 24.3 Å². The standard InChI is InChI=1S/C14H17ClN5O2P/c15-14-18-8-11(16)13(19-14)20(17)9-3-5-10(6-4-9)23-7-1-2-12(21)22/h3-6,8,23H,1-2,7,16-17H2,(H,21,22). The van der Waals surface area contributed by atoms with Gasteiger partial charge in [0.2, 0.25) is 5.28 Å². The molecule has 9 heteroatoms. The normalized spacial score (nSPS) is 11.0. The molecule has 0 aliphatic rings. The molecule has 1 atom stereocenters. The average molecular weight is 354 g/mol. The van der Waals surface area contributed by atoms with Crippen LogP contribution in [0.2, 0.25) is 5.28 Å². The van der Waals surface area contributed by atoms with Crippen LogP contribution < -0.4 is 21.9 Å². The largest absolute Gasteiger partial charge is 0.481 e. The molecule has 0 saturated carbocycles. The Labute approximate surface area is 140 Å². The third kappa shape index (κ3) is 5.03. The Morgan fingerprint density at radius 1 is 1.35 bits per heavy atom. The van der Waals surface area contributed by atoms with Crippen LogP contribution in [0.25, 0.3) is 0 Å². The first-order chi connectivity index (χ1) is 11.0. The second-order valence-electron chi connectivity index (χ2n) is 4.76. The Bertz CT molecular complexity index is 683. The summed E-state index contributed by atoms with van der Waals surface area (Å²) in [6.07, 6.45) is 3.14. The van der Waals surface area contributed by atoms with Gasteiger partial charge in [-0.2, -0.15) is 4.98 Å². The van der Waals surface area contributed by atoms with Crippen molar-refractivity contribution in [3.05, 3.63) is 35.7 Å². The van der Waals surface area contributed by atoms with Gasteiger partial charge in [0.1, 0.15) is 0 Å². The first kappa shape index (κ1) is 17.4. The maximum absolute atomic E-state index is 10.5. The van der Waals surface area contributed by atoms with E-state index in [4.69, 9.17) is 28.3 Å². The van der Waals surface area contributed by atoms with Gasteiger partial charge in [0, 0.05) is 6.42 Å². The minimum atomic E-state index is -0.759. The van der Waals surface area contributed by atoms with Gasteiger partial charge in [0.05, 0.1) is 17.6 Å². The van der Waals surface area contributed by atoms with Crippen molar-refractivity contribution in [3.63, 3.8) is 0 Å². The fourth-order valence-electron chi connectivity index (χ4n) is 1.89. The Hall–Kier alpha value is -1.95. The Balaban J connectivity index is 2.01. The quantitative estimate of drug-likeness (QED) is 0.229. The van der Waals surface area contributed by atoms with Crippen LogP contribution in [0, 0.1) is 0 Å². The number of carboxylic acids is 1. The highest BCUT2D eigenvalue weighted by atomic mass is 35.5. The number of aromatic nitrogens is 2. The Morgan fingerprint density at radius 3 is 2.70 bits per heavy atom. The van der Waals surface area contributed by atoms with Crippen molar-refractivity contribution in [2.75, 3.05) is 16.9 Å².